The third kappa shape index (κ3) is 3.01. The lowest BCUT2D eigenvalue weighted by Gasteiger charge is -2.31. The summed E-state index contributed by atoms with van der Waals surface area (Å²) in [6, 6.07) is 0. The lowest BCUT2D eigenvalue weighted by Crippen LogP contribution is -2.34. The van der Waals surface area contributed by atoms with E-state index < -0.39 is 0 Å². The molecule has 1 unspecified atom stereocenters. The zero-order valence-corrected chi connectivity index (χ0v) is 10.6. The average molecular weight is 215 g/mol. The van der Waals surface area contributed by atoms with E-state index in [0.717, 1.165) is 24.4 Å². The van der Waals surface area contributed by atoms with Gasteiger partial charge in [-0.05, 0) is 49.8 Å². The summed E-state index contributed by atoms with van der Waals surface area (Å²) >= 11 is 0. The Balaban J connectivity index is 1.87. The maximum absolute atomic E-state index is 6.00. The van der Waals surface area contributed by atoms with Crippen LogP contribution in [0.4, 0.5) is 0 Å². The van der Waals surface area contributed by atoms with Crippen molar-refractivity contribution in [2.24, 2.45) is 11.8 Å². The van der Waals surface area contributed by atoms with Gasteiger partial charge in [0.1, 0.15) is 7.85 Å². The maximum Gasteiger partial charge on any atom is 0.108 e. The van der Waals surface area contributed by atoms with Crippen molar-refractivity contribution in [3.8, 4) is 0 Å². The maximum atomic E-state index is 6.00. The predicted molar refractivity (Wildman–Crippen MR) is 70.5 cm³/mol. The number of rotatable bonds is 2. The summed E-state index contributed by atoms with van der Waals surface area (Å²) < 4.78 is 0. The molecule has 0 aromatic carbocycles. The first-order chi connectivity index (χ1) is 7.65. The highest BCUT2D eigenvalue weighted by Gasteiger charge is 2.17. The molecule has 1 atom stereocenters. The van der Waals surface area contributed by atoms with Gasteiger partial charge in [0.15, 0.2) is 0 Å². The van der Waals surface area contributed by atoms with Gasteiger partial charge in [-0.3, -0.25) is 4.90 Å². The van der Waals surface area contributed by atoms with E-state index in [1.807, 2.05) is 0 Å². The van der Waals surface area contributed by atoms with Crippen LogP contribution in [0.1, 0.15) is 33.1 Å². The van der Waals surface area contributed by atoms with Gasteiger partial charge in [0.25, 0.3) is 0 Å². The SMILES string of the molecule is [B]C1=CC(CN2CCC(C)CC2)=CCC1C. The summed E-state index contributed by atoms with van der Waals surface area (Å²) in [4.78, 5) is 2.56. The Labute approximate surface area is 101 Å². The Morgan fingerprint density at radius 2 is 2.00 bits per heavy atom. The molecular weight excluding hydrogens is 193 g/mol. The molecule has 1 aliphatic heterocycles. The van der Waals surface area contributed by atoms with Crippen LogP contribution in [0, 0.1) is 11.8 Å². The van der Waals surface area contributed by atoms with Crippen molar-refractivity contribution in [1.82, 2.24) is 4.90 Å². The molecule has 1 fully saturated rings. The second-order valence-electron chi connectivity index (χ2n) is 5.52. The zero-order chi connectivity index (χ0) is 11.5. The normalized spacial score (nSPS) is 28.8. The van der Waals surface area contributed by atoms with Crippen LogP contribution in [0.5, 0.6) is 0 Å². The van der Waals surface area contributed by atoms with Crippen molar-refractivity contribution >= 4 is 7.85 Å². The van der Waals surface area contributed by atoms with Crippen LogP contribution in [-0.2, 0) is 0 Å². The van der Waals surface area contributed by atoms with Gasteiger partial charge in [-0.2, -0.15) is 0 Å². The summed E-state index contributed by atoms with van der Waals surface area (Å²) in [5.74, 6) is 1.45. The molecule has 1 saturated heterocycles. The van der Waals surface area contributed by atoms with Crippen LogP contribution in [0.2, 0.25) is 0 Å². The Morgan fingerprint density at radius 1 is 1.31 bits per heavy atom. The monoisotopic (exact) mass is 215 g/mol. The summed E-state index contributed by atoms with van der Waals surface area (Å²) in [5, 5.41) is 0. The van der Waals surface area contributed by atoms with Crippen LogP contribution in [0.15, 0.2) is 23.2 Å². The molecule has 0 N–H and O–H groups in total. The fraction of sp³-hybridized carbons (Fsp3) is 0.714. The highest BCUT2D eigenvalue weighted by Crippen LogP contribution is 2.23. The molecule has 2 heteroatoms. The number of piperidine rings is 1. The standard InChI is InChI=1S/C14H22BN/c1-11-5-7-16(8-6-11)10-13-4-3-12(2)14(15)9-13/h4,9,11-12H,3,5-8,10H2,1-2H3. The van der Waals surface area contributed by atoms with E-state index in [1.54, 1.807) is 0 Å². The van der Waals surface area contributed by atoms with E-state index in [4.69, 9.17) is 7.85 Å². The third-order valence-corrected chi connectivity index (χ3v) is 3.94. The van der Waals surface area contributed by atoms with Gasteiger partial charge in [0.2, 0.25) is 0 Å². The second-order valence-corrected chi connectivity index (χ2v) is 5.52. The third-order valence-electron chi connectivity index (χ3n) is 3.94. The van der Waals surface area contributed by atoms with Crippen LogP contribution in [0.3, 0.4) is 0 Å². The van der Waals surface area contributed by atoms with E-state index in [0.29, 0.717) is 5.92 Å². The second kappa shape index (κ2) is 5.22. The molecule has 1 heterocycles. The van der Waals surface area contributed by atoms with E-state index >= 15 is 0 Å². The zero-order valence-electron chi connectivity index (χ0n) is 10.6. The van der Waals surface area contributed by atoms with Crippen LogP contribution in [0.25, 0.3) is 0 Å². The Morgan fingerprint density at radius 3 is 2.62 bits per heavy atom. The van der Waals surface area contributed by atoms with Gasteiger partial charge in [-0.1, -0.05) is 26.0 Å². The van der Waals surface area contributed by atoms with E-state index in [9.17, 15) is 0 Å². The van der Waals surface area contributed by atoms with E-state index in [2.05, 4.69) is 30.9 Å². The number of hydrogen-bond donors (Lipinski definition) is 0. The lowest BCUT2D eigenvalue weighted by atomic mass is 9.78. The molecule has 0 saturated carbocycles. The Kier molecular flexibility index (Phi) is 3.91. The Bertz CT molecular complexity index is 298. The topological polar surface area (TPSA) is 3.24 Å². The van der Waals surface area contributed by atoms with Crippen molar-refractivity contribution in [3.63, 3.8) is 0 Å². The largest absolute Gasteiger partial charge is 0.299 e. The molecule has 2 radical (unpaired) electrons. The van der Waals surface area contributed by atoms with Crippen LogP contribution in [-0.4, -0.2) is 32.4 Å². The minimum atomic E-state index is 0.533. The molecule has 2 aliphatic rings. The van der Waals surface area contributed by atoms with Crippen molar-refractivity contribution in [2.75, 3.05) is 19.6 Å². The molecule has 0 bridgehead atoms. The molecule has 0 aromatic heterocycles. The predicted octanol–water partition coefficient (Wildman–Crippen LogP) is 2.74. The molecule has 16 heavy (non-hydrogen) atoms. The molecule has 86 valence electrons. The average Bonchev–Trinajstić information content (AvgIpc) is 2.27. The molecule has 2 rings (SSSR count). The number of nitrogens with zero attached hydrogens (tertiary/aromatic N) is 1. The molecular formula is C14H22BN. The number of hydrogen-bond acceptors (Lipinski definition) is 1. The first-order valence-corrected chi connectivity index (χ1v) is 6.53. The van der Waals surface area contributed by atoms with Gasteiger partial charge < -0.3 is 0 Å². The smallest absolute Gasteiger partial charge is 0.108 e. The number of allylic oxidation sites excluding steroid dienone is 2. The first kappa shape index (κ1) is 12.0. The molecule has 0 spiro atoms. The van der Waals surface area contributed by atoms with Gasteiger partial charge in [-0.15, -0.1) is 5.47 Å². The quantitative estimate of drug-likeness (QED) is 0.640. The minimum absolute atomic E-state index is 0.533. The van der Waals surface area contributed by atoms with Crippen LogP contribution >= 0.6 is 0 Å². The fourth-order valence-corrected chi connectivity index (χ4v) is 2.47. The van der Waals surface area contributed by atoms with Gasteiger partial charge >= 0.3 is 0 Å². The molecule has 1 nitrogen and oxygen atoms in total. The minimum Gasteiger partial charge on any atom is -0.299 e. The number of likely N-dealkylation sites (tertiary alicyclic amines) is 1. The first-order valence-electron chi connectivity index (χ1n) is 6.53. The highest BCUT2D eigenvalue weighted by atomic mass is 15.1. The molecule has 1 aliphatic carbocycles. The molecule has 0 aromatic rings. The van der Waals surface area contributed by atoms with Crippen molar-refractivity contribution in [3.05, 3.63) is 23.2 Å². The fourth-order valence-electron chi connectivity index (χ4n) is 2.47. The van der Waals surface area contributed by atoms with Crippen molar-refractivity contribution in [1.29, 1.82) is 0 Å². The van der Waals surface area contributed by atoms with Crippen molar-refractivity contribution in [2.45, 2.75) is 33.1 Å². The lowest BCUT2D eigenvalue weighted by molar-refractivity contribution is 0.207. The van der Waals surface area contributed by atoms with Gasteiger partial charge in [0, 0.05) is 6.54 Å². The molecule has 0 amide bonds. The summed E-state index contributed by atoms with van der Waals surface area (Å²) in [6.45, 7) is 8.15. The summed E-state index contributed by atoms with van der Waals surface area (Å²) in [6.07, 6.45) is 8.36. The van der Waals surface area contributed by atoms with E-state index in [-0.39, 0.29) is 0 Å². The highest BCUT2D eigenvalue weighted by molar-refractivity contribution is 6.22. The summed E-state index contributed by atoms with van der Waals surface area (Å²) in [5.41, 5.74) is 2.48. The van der Waals surface area contributed by atoms with Gasteiger partial charge in [-0.25, -0.2) is 0 Å². The van der Waals surface area contributed by atoms with Crippen molar-refractivity contribution < 1.29 is 0 Å². The van der Waals surface area contributed by atoms with Crippen LogP contribution < -0.4 is 0 Å². The van der Waals surface area contributed by atoms with Gasteiger partial charge in [0.05, 0.1) is 0 Å². The van der Waals surface area contributed by atoms with E-state index in [1.165, 1.54) is 31.5 Å². The Hall–Kier alpha value is -0.495. The summed E-state index contributed by atoms with van der Waals surface area (Å²) in [7, 11) is 6.00.